The van der Waals surface area contributed by atoms with Gasteiger partial charge in [0.15, 0.2) is 0 Å². The fourth-order valence-electron chi connectivity index (χ4n) is 3.31. The number of nitrogens with one attached hydrogen (secondary N) is 2. The first-order valence-electron chi connectivity index (χ1n) is 9.71. The second-order valence-corrected chi connectivity index (χ2v) is 10.3. The lowest BCUT2D eigenvalue weighted by Crippen LogP contribution is -2.24. The van der Waals surface area contributed by atoms with Gasteiger partial charge in [-0.2, -0.15) is 0 Å². The highest BCUT2D eigenvalue weighted by molar-refractivity contribution is 6.53. The Morgan fingerprint density at radius 2 is 0.944 bits per heavy atom. The summed E-state index contributed by atoms with van der Waals surface area (Å²) in [5, 5.41) is 6.58. The van der Waals surface area contributed by atoms with Crippen LogP contribution in [0, 0.1) is 0 Å². The Kier molecular flexibility index (Phi) is 9.86. The summed E-state index contributed by atoms with van der Waals surface area (Å²) in [6.07, 6.45) is -0.194. The number of halogens is 8. The number of carbonyl (C=O) groups is 2. The topological polar surface area (TPSA) is 76.7 Å². The predicted octanol–water partition coefficient (Wildman–Crippen LogP) is 9.09. The molecule has 192 valence electrons. The monoisotopic (exact) mass is 650 g/mol. The number of methoxy groups -OCH3 is 2. The van der Waals surface area contributed by atoms with E-state index in [0.717, 1.165) is 0 Å². The maximum Gasteiger partial charge on any atom is 0.335 e. The largest absolute Gasteiger partial charge is 0.466 e. The average molecular weight is 654 g/mol. The van der Waals surface area contributed by atoms with Crippen LogP contribution in [0.1, 0.15) is 12.8 Å². The minimum absolute atomic E-state index is 0.0154. The van der Waals surface area contributed by atoms with Gasteiger partial charge in [-0.05, 0) is 12.1 Å². The van der Waals surface area contributed by atoms with Crippen molar-refractivity contribution in [3.8, 4) is 0 Å². The Morgan fingerprint density at radius 1 is 0.611 bits per heavy atom. The number of hydrogen-bond donors (Lipinski definition) is 2. The highest BCUT2D eigenvalue weighted by Crippen LogP contribution is 2.44. The minimum Gasteiger partial charge on any atom is -0.466 e. The van der Waals surface area contributed by atoms with Crippen molar-refractivity contribution in [1.29, 1.82) is 0 Å². The molecule has 0 fully saturated rings. The van der Waals surface area contributed by atoms with Crippen LogP contribution < -0.4 is 10.6 Å². The van der Waals surface area contributed by atoms with Crippen LogP contribution in [-0.4, -0.2) is 26.2 Å². The Morgan fingerprint density at radius 3 is 1.25 bits per heavy atom. The summed E-state index contributed by atoms with van der Waals surface area (Å²) in [6.45, 7) is 0. The fraction of sp³-hybridized carbons (Fsp3) is 0.182. The number of benzene rings is 2. The van der Waals surface area contributed by atoms with Crippen molar-refractivity contribution in [3.05, 3.63) is 74.9 Å². The van der Waals surface area contributed by atoms with Crippen LogP contribution in [0.15, 0.2) is 34.7 Å². The summed E-state index contributed by atoms with van der Waals surface area (Å²) in [7, 11) is 2.44. The third-order valence-electron chi connectivity index (χ3n) is 5.08. The molecule has 0 saturated heterocycles. The zero-order valence-electron chi connectivity index (χ0n) is 18.2. The van der Waals surface area contributed by atoms with Gasteiger partial charge in [-0.25, -0.2) is 9.59 Å². The molecule has 0 spiro atoms. The second kappa shape index (κ2) is 12.1. The lowest BCUT2D eigenvalue weighted by atomic mass is 9.92. The minimum atomic E-state index is -0.665. The van der Waals surface area contributed by atoms with E-state index in [1.165, 1.54) is 26.4 Å². The van der Waals surface area contributed by atoms with E-state index in [9.17, 15) is 9.59 Å². The molecule has 1 aliphatic rings. The molecule has 2 aromatic rings. The van der Waals surface area contributed by atoms with E-state index in [0.29, 0.717) is 11.4 Å². The maximum absolute atomic E-state index is 12.7. The molecule has 0 aliphatic heterocycles. The van der Waals surface area contributed by atoms with Gasteiger partial charge in [0.25, 0.3) is 0 Å². The van der Waals surface area contributed by atoms with Gasteiger partial charge in [0.2, 0.25) is 0 Å². The van der Waals surface area contributed by atoms with Gasteiger partial charge in [0.1, 0.15) is 0 Å². The molecule has 0 atom stereocenters. The van der Waals surface area contributed by atoms with Crippen molar-refractivity contribution in [2.24, 2.45) is 0 Å². The van der Waals surface area contributed by atoms with Crippen LogP contribution in [0.25, 0.3) is 0 Å². The van der Waals surface area contributed by atoms with Gasteiger partial charge >= 0.3 is 11.9 Å². The van der Waals surface area contributed by atoms with E-state index in [1.807, 2.05) is 0 Å². The molecule has 3 rings (SSSR count). The normalized spacial score (nSPS) is 13.6. The highest BCUT2D eigenvalue weighted by atomic mass is 35.5. The number of hydrogen-bond acceptors (Lipinski definition) is 6. The lowest BCUT2D eigenvalue weighted by Gasteiger charge is -2.26. The van der Waals surface area contributed by atoms with Gasteiger partial charge in [-0.3, -0.25) is 0 Å². The van der Waals surface area contributed by atoms with E-state index in [1.54, 1.807) is 0 Å². The zero-order chi connectivity index (χ0) is 26.9. The summed E-state index contributed by atoms with van der Waals surface area (Å²) >= 11 is 49.4. The van der Waals surface area contributed by atoms with Gasteiger partial charge in [0, 0.05) is 24.2 Å². The van der Waals surface area contributed by atoms with Crippen LogP contribution in [0.3, 0.4) is 0 Å². The fourth-order valence-corrected chi connectivity index (χ4v) is 5.01. The first-order valence-corrected chi connectivity index (χ1v) is 12.7. The van der Waals surface area contributed by atoms with Gasteiger partial charge in [-0.1, -0.05) is 92.8 Å². The number of ether oxygens (including phenoxy) is 2. The van der Waals surface area contributed by atoms with Crippen molar-refractivity contribution in [3.63, 3.8) is 0 Å². The molecular formula is C22H14Cl8N2O4. The molecule has 2 aromatic carbocycles. The number of anilines is 2. The van der Waals surface area contributed by atoms with E-state index in [2.05, 4.69) is 10.6 Å². The smallest absolute Gasteiger partial charge is 0.335 e. The van der Waals surface area contributed by atoms with Crippen molar-refractivity contribution < 1.29 is 19.1 Å². The summed E-state index contributed by atoms with van der Waals surface area (Å²) in [5.74, 6) is -1.33. The first kappa shape index (κ1) is 29.3. The third-order valence-corrected chi connectivity index (χ3v) is 8.58. The summed E-state index contributed by atoms with van der Waals surface area (Å²) in [6, 6.07) is 2.87. The van der Waals surface area contributed by atoms with Crippen LogP contribution in [0.2, 0.25) is 40.2 Å². The summed E-state index contributed by atoms with van der Waals surface area (Å²) in [5.41, 5.74) is 1.45. The number of allylic oxidation sites excluding steroid dienone is 2. The molecule has 0 amide bonds. The molecule has 6 nitrogen and oxygen atoms in total. The van der Waals surface area contributed by atoms with E-state index >= 15 is 0 Å². The molecule has 0 radical (unpaired) electrons. The Bertz CT molecular complexity index is 1240. The average Bonchev–Trinajstić information content (AvgIpc) is 2.87. The molecule has 0 unspecified atom stereocenters. The van der Waals surface area contributed by atoms with Gasteiger partial charge < -0.3 is 20.1 Å². The second-order valence-electron chi connectivity index (χ2n) is 7.20. The SMILES string of the molecule is COC(=O)C1=C(Nc2cc(Cl)c(Cl)c(Cl)c2Cl)CC(C(=O)OC)=C(Nc2cc(Cl)c(Cl)c(Cl)c2Cl)C1. The standard InChI is InChI=1S/C22H14Cl8N2O4/c1-35-21(33)7-3-12(32-14-6-10(24)16(26)20(30)18(14)28)8(22(34)36-2)4-11(7)31-13-5-9(23)15(25)19(29)17(13)27/h5-6,31-32H,3-4H2,1-2H3. The van der Waals surface area contributed by atoms with Crippen LogP contribution in [-0.2, 0) is 19.1 Å². The summed E-state index contributed by atoms with van der Waals surface area (Å²) < 4.78 is 9.91. The molecule has 2 N–H and O–H groups in total. The maximum atomic E-state index is 12.7. The molecule has 0 bridgehead atoms. The zero-order valence-corrected chi connectivity index (χ0v) is 24.3. The first-order chi connectivity index (χ1) is 16.9. The van der Waals surface area contributed by atoms with Crippen molar-refractivity contribution >= 4 is 116 Å². The molecule has 1 aliphatic carbocycles. The number of carbonyl (C=O) groups excluding carboxylic acids is 2. The van der Waals surface area contributed by atoms with E-state index in [4.69, 9.17) is 102 Å². The summed E-state index contributed by atoms with van der Waals surface area (Å²) in [4.78, 5) is 25.5. The molecular weight excluding hydrogens is 640 g/mol. The van der Waals surface area contributed by atoms with Crippen LogP contribution in [0.4, 0.5) is 11.4 Å². The van der Waals surface area contributed by atoms with E-state index < -0.39 is 11.9 Å². The molecule has 0 heterocycles. The Hall–Kier alpha value is -1.22. The predicted molar refractivity (Wildman–Crippen MR) is 148 cm³/mol. The lowest BCUT2D eigenvalue weighted by molar-refractivity contribution is -0.137. The van der Waals surface area contributed by atoms with Crippen molar-refractivity contribution in [2.45, 2.75) is 12.8 Å². The van der Waals surface area contributed by atoms with Crippen molar-refractivity contribution in [1.82, 2.24) is 0 Å². The molecule has 14 heteroatoms. The van der Waals surface area contributed by atoms with Gasteiger partial charge in [-0.15, -0.1) is 0 Å². The Balaban J connectivity index is 2.10. The van der Waals surface area contributed by atoms with Crippen LogP contribution in [0.5, 0.6) is 0 Å². The molecule has 0 aromatic heterocycles. The third kappa shape index (κ3) is 5.92. The molecule has 0 saturated carbocycles. The van der Waals surface area contributed by atoms with Crippen LogP contribution >= 0.6 is 92.8 Å². The van der Waals surface area contributed by atoms with Gasteiger partial charge in [0.05, 0.1) is 76.9 Å². The van der Waals surface area contributed by atoms with E-state index in [-0.39, 0.29) is 75.5 Å². The Labute approximate surface area is 246 Å². The highest BCUT2D eigenvalue weighted by Gasteiger charge is 2.31. The number of esters is 2. The quantitative estimate of drug-likeness (QED) is 0.184. The van der Waals surface area contributed by atoms with Crippen molar-refractivity contribution in [2.75, 3.05) is 24.9 Å². The number of rotatable bonds is 6. The molecule has 36 heavy (non-hydrogen) atoms.